The number of hydrogen-bond donors (Lipinski definition) is 1. The second-order valence-electron chi connectivity index (χ2n) is 6.02. The van der Waals surface area contributed by atoms with Gasteiger partial charge in [0.25, 0.3) is 5.69 Å². The first-order valence-electron chi connectivity index (χ1n) is 8.12. The molecule has 1 atom stereocenters. The van der Waals surface area contributed by atoms with Gasteiger partial charge < -0.3 is 5.32 Å². The fourth-order valence-electron chi connectivity index (χ4n) is 2.95. The molecule has 1 unspecified atom stereocenters. The van der Waals surface area contributed by atoms with E-state index in [4.69, 9.17) is 11.6 Å². The van der Waals surface area contributed by atoms with E-state index in [0.29, 0.717) is 17.9 Å². The predicted molar refractivity (Wildman–Crippen MR) is 100 cm³/mol. The Balaban J connectivity index is 1.81. The van der Waals surface area contributed by atoms with Crippen LogP contribution in [-0.2, 0) is 14.8 Å². The third kappa shape index (κ3) is 4.10. The summed E-state index contributed by atoms with van der Waals surface area (Å²) in [4.78, 5) is 23.0. The first-order valence-corrected chi connectivity index (χ1v) is 9.93. The second kappa shape index (κ2) is 7.63. The van der Waals surface area contributed by atoms with E-state index in [9.17, 15) is 23.3 Å². The summed E-state index contributed by atoms with van der Waals surface area (Å²) in [7, 11) is -3.86. The summed E-state index contributed by atoms with van der Waals surface area (Å²) >= 11 is 5.81. The van der Waals surface area contributed by atoms with Crippen LogP contribution in [0.25, 0.3) is 0 Å². The molecule has 1 saturated heterocycles. The van der Waals surface area contributed by atoms with Crippen LogP contribution >= 0.6 is 11.6 Å². The zero-order valence-corrected chi connectivity index (χ0v) is 15.6. The number of nitrogens with zero attached hydrogens (tertiary/aromatic N) is 2. The highest BCUT2D eigenvalue weighted by Gasteiger charge is 2.39. The number of nitro groups is 1. The van der Waals surface area contributed by atoms with Crippen LogP contribution < -0.4 is 5.32 Å². The lowest BCUT2D eigenvalue weighted by molar-refractivity contribution is -0.384. The van der Waals surface area contributed by atoms with Crippen molar-refractivity contribution < 1.29 is 18.1 Å². The van der Waals surface area contributed by atoms with Crippen LogP contribution in [0.1, 0.15) is 12.8 Å². The van der Waals surface area contributed by atoms with Crippen LogP contribution in [0.2, 0.25) is 5.02 Å². The summed E-state index contributed by atoms with van der Waals surface area (Å²) in [5, 5.41) is 13.8. The van der Waals surface area contributed by atoms with Crippen LogP contribution in [-0.4, -0.2) is 36.1 Å². The second-order valence-corrected chi connectivity index (χ2v) is 8.35. The summed E-state index contributed by atoms with van der Waals surface area (Å²) in [6.07, 6.45) is 0.910. The largest absolute Gasteiger partial charge is 0.324 e. The molecule has 27 heavy (non-hydrogen) atoms. The molecule has 142 valence electrons. The fourth-order valence-corrected chi connectivity index (χ4v) is 4.74. The third-order valence-electron chi connectivity index (χ3n) is 4.25. The van der Waals surface area contributed by atoms with E-state index in [1.807, 2.05) is 0 Å². The van der Waals surface area contributed by atoms with E-state index >= 15 is 0 Å². The van der Waals surface area contributed by atoms with Crippen molar-refractivity contribution in [3.8, 4) is 0 Å². The van der Waals surface area contributed by atoms with Crippen LogP contribution in [0.4, 0.5) is 11.4 Å². The van der Waals surface area contributed by atoms with Crippen molar-refractivity contribution in [1.29, 1.82) is 0 Å². The highest BCUT2D eigenvalue weighted by molar-refractivity contribution is 7.89. The lowest BCUT2D eigenvalue weighted by Crippen LogP contribution is -2.43. The molecule has 1 heterocycles. The molecule has 8 nitrogen and oxygen atoms in total. The quantitative estimate of drug-likeness (QED) is 0.602. The molecule has 1 fully saturated rings. The minimum Gasteiger partial charge on any atom is -0.324 e. The van der Waals surface area contributed by atoms with Gasteiger partial charge in [-0.25, -0.2) is 8.42 Å². The van der Waals surface area contributed by atoms with Gasteiger partial charge in [0, 0.05) is 29.4 Å². The minimum atomic E-state index is -3.86. The number of nitro benzene ring substituents is 1. The molecule has 3 rings (SSSR count). The Bertz CT molecular complexity index is 978. The number of sulfonamides is 1. The monoisotopic (exact) mass is 409 g/mol. The molecule has 0 aliphatic carbocycles. The molecule has 2 aromatic rings. The van der Waals surface area contributed by atoms with Gasteiger partial charge in [-0.15, -0.1) is 0 Å². The molecule has 1 aliphatic rings. The van der Waals surface area contributed by atoms with E-state index in [0.717, 1.165) is 4.31 Å². The molecule has 2 aromatic carbocycles. The normalized spacial score (nSPS) is 17.6. The SMILES string of the molecule is O=C(Nc1cccc([N+](=O)[O-])c1)C1CCCN1S(=O)(=O)c1ccc(Cl)cc1. The number of carbonyl (C=O) groups is 1. The number of rotatable bonds is 5. The predicted octanol–water partition coefficient (Wildman–Crippen LogP) is 3.04. The number of non-ortho nitro benzene ring substituents is 1. The zero-order valence-electron chi connectivity index (χ0n) is 14.0. The Morgan fingerprint density at radius 1 is 1.22 bits per heavy atom. The number of carbonyl (C=O) groups excluding carboxylic acids is 1. The Morgan fingerprint density at radius 2 is 1.93 bits per heavy atom. The van der Waals surface area contributed by atoms with E-state index in [2.05, 4.69) is 5.32 Å². The number of halogens is 1. The highest BCUT2D eigenvalue weighted by atomic mass is 35.5. The molecule has 1 N–H and O–H groups in total. The van der Waals surface area contributed by atoms with Crippen LogP contribution in [0.3, 0.4) is 0 Å². The summed E-state index contributed by atoms with van der Waals surface area (Å²) in [5.74, 6) is -0.523. The Labute approximate surface area is 160 Å². The molecule has 0 radical (unpaired) electrons. The zero-order chi connectivity index (χ0) is 19.6. The average Bonchev–Trinajstić information content (AvgIpc) is 3.13. The van der Waals surface area contributed by atoms with E-state index in [-0.39, 0.29) is 22.8 Å². The molecule has 1 amide bonds. The maximum atomic E-state index is 12.9. The lowest BCUT2D eigenvalue weighted by atomic mass is 10.2. The van der Waals surface area contributed by atoms with Crippen molar-refractivity contribution in [1.82, 2.24) is 4.31 Å². The van der Waals surface area contributed by atoms with Crippen LogP contribution in [0.15, 0.2) is 53.4 Å². The number of hydrogen-bond acceptors (Lipinski definition) is 5. The van der Waals surface area contributed by atoms with Crippen molar-refractivity contribution in [2.24, 2.45) is 0 Å². The maximum absolute atomic E-state index is 12.9. The fraction of sp³-hybridized carbons (Fsp3) is 0.235. The maximum Gasteiger partial charge on any atom is 0.271 e. The third-order valence-corrected chi connectivity index (χ3v) is 6.43. The number of anilines is 1. The Kier molecular flexibility index (Phi) is 5.45. The van der Waals surface area contributed by atoms with Crippen molar-refractivity contribution >= 4 is 38.9 Å². The summed E-state index contributed by atoms with van der Waals surface area (Å²) in [6.45, 7) is 0.220. The van der Waals surface area contributed by atoms with Gasteiger partial charge >= 0.3 is 0 Å². The van der Waals surface area contributed by atoms with Crippen LogP contribution in [0, 0.1) is 10.1 Å². The summed E-state index contributed by atoms with van der Waals surface area (Å²) in [5.41, 5.74) is 0.0785. The molecule has 0 bridgehead atoms. The number of benzene rings is 2. The molecule has 0 saturated carbocycles. The van der Waals surface area contributed by atoms with Gasteiger partial charge in [0.2, 0.25) is 15.9 Å². The van der Waals surface area contributed by atoms with Crippen molar-refractivity contribution in [2.75, 3.05) is 11.9 Å². The minimum absolute atomic E-state index is 0.0574. The Morgan fingerprint density at radius 3 is 2.59 bits per heavy atom. The van der Waals surface area contributed by atoms with Crippen molar-refractivity contribution in [2.45, 2.75) is 23.8 Å². The van der Waals surface area contributed by atoms with Gasteiger partial charge in [0.1, 0.15) is 6.04 Å². The van der Waals surface area contributed by atoms with Crippen molar-refractivity contribution in [3.05, 3.63) is 63.7 Å². The van der Waals surface area contributed by atoms with Gasteiger partial charge in [-0.1, -0.05) is 17.7 Å². The summed E-state index contributed by atoms with van der Waals surface area (Å²) < 4.78 is 26.9. The molecule has 1 aliphatic heterocycles. The molecule has 0 aromatic heterocycles. The first kappa shape index (κ1) is 19.3. The van der Waals surface area contributed by atoms with Crippen molar-refractivity contribution in [3.63, 3.8) is 0 Å². The molecule has 0 spiro atoms. The Hall–Kier alpha value is -2.49. The molecular weight excluding hydrogens is 394 g/mol. The van der Waals surface area contributed by atoms with E-state index < -0.39 is 26.9 Å². The number of amides is 1. The van der Waals surface area contributed by atoms with Gasteiger partial charge in [-0.3, -0.25) is 14.9 Å². The standard InChI is InChI=1S/C17H16ClN3O5S/c18-12-6-8-15(9-7-12)27(25,26)20-10-2-5-16(20)17(22)19-13-3-1-4-14(11-13)21(23)24/h1,3-4,6-9,11,16H,2,5,10H2,(H,19,22). The first-order chi connectivity index (χ1) is 12.8. The topological polar surface area (TPSA) is 110 Å². The van der Waals surface area contributed by atoms with Gasteiger partial charge in [0.05, 0.1) is 9.82 Å². The lowest BCUT2D eigenvalue weighted by Gasteiger charge is -2.23. The summed E-state index contributed by atoms with van der Waals surface area (Å²) in [6, 6.07) is 10.4. The van der Waals surface area contributed by atoms with Gasteiger partial charge in [-0.2, -0.15) is 4.31 Å². The highest BCUT2D eigenvalue weighted by Crippen LogP contribution is 2.28. The van der Waals surface area contributed by atoms with Gasteiger partial charge in [-0.05, 0) is 43.2 Å². The number of nitrogens with one attached hydrogen (secondary N) is 1. The van der Waals surface area contributed by atoms with E-state index in [1.54, 1.807) is 0 Å². The van der Waals surface area contributed by atoms with Gasteiger partial charge in [0.15, 0.2) is 0 Å². The molecule has 10 heteroatoms. The van der Waals surface area contributed by atoms with Crippen LogP contribution in [0.5, 0.6) is 0 Å². The average molecular weight is 410 g/mol. The molecular formula is C17H16ClN3O5S. The van der Waals surface area contributed by atoms with E-state index in [1.165, 1.54) is 48.5 Å². The smallest absolute Gasteiger partial charge is 0.271 e.